The molecule has 24 heavy (non-hydrogen) atoms. The fourth-order valence-corrected chi connectivity index (χ4v) is 2.47. The van der Waals surface area contributed by atoms with Crippen LogP contribution in [-0.2, 0) is 24.6 Å². The predicted octanol–water partition coefficient (Wildman–Crippen LogP) is 2.47. The second-order valence-corrected chi connectivity index (χ2v) is 5.86. The highest BCUT2D eigenvalue weighted by molar-refractivity contribution is 5.79. The topological polar surface area (TPSA) is 56.0 Å². The van der Waals surface area contributed by atoms with Crippen molar-refractivity contribution in [3.63, 3.8) is 0 Å². The summed E-state index contributed by atoms with van der Waals surface area (Å²) < 4.78 is 41.1. The van der Waals surface area contributed by atoms with Crippen molar-refractivity contribution in [3.8, 4) is 0 Å². The fourth-order valence-electron chi connectivity index (χ4n) is 2.47. The molecule has 2 aromatic heterocycles. The number of likely N-dealkylation sites (N-methyl/N-ethyl adjacent to an activating group) is 1. The van der Waals surface area contributed by atoms with Crippen molar-refractivity contribution in [2.45, 2.75) is 39.5 Å². The summed E-state index contributed by atoms with van der Waals surface area (Å²) >= 11 is 0. The van der Waals surface area contributed by atoms with Gasteiger partial charge in [-0.2, -0.15) is 23.4 Å². The Kier molecular flexibility index (Phi) is 4.73. The predicted molar refractivity (Wildman–Crippen MR) is 81.1 cm³/mol. The maximum Gasteiger partial charge on any atom is 0.435 e. The molecule has 2 heterocycles. The molecule has 0 unspecified atom stereocenters. The van der Waals surface area contributed by atoms with Gasteiger partial charge in [0.05, 0.1) is 6.20 Å². The lowest BCUT2D eigenvalue weighted by molar-refractivity contribution is -0.142. The molecule has 132 valence electrons. The molecule has 1 atom stereocenters. The van der Waals surface area contributed by atoms with E-state index in [2.05, 4.69) is 10.2 Å². The van der Waals surface area contributed by atoms with E-state index in [0.717, 1.165) is 22.0 Å². The molecular formula is C15H20F3N5O. The Labute approximate surface area is 137 Å². The number of amides is 1. The molecule has 0 aliphatic heterocycles. The van der Waals surface area contributed by atoms with E-state index in [-0.39, 0.29) is 11.6 Å². The summed E-state index contributed by atoms with van der Waals surface area (Å²) in [6, 6.07) is 0.109. The van der Waals surface area contributed by atoms with Gasteiger partial charge in [0.25, 0.3) is 0 Å². The third-order valence-electron chi connectivity index (χ3n) is 4.06. The Bertz CT molecular complexity index is 747. The van der Waals surface area contributed by atoms with Gasteiger partial charge in [0.15, 0.2) is 5.69 Å². The maximum atomic E-state index is 12.8. The van der Waals surface area contributed by atoms with Crippen LogP contribution in [0.2, 0.25) is 0 Å². The molecule has 0 saturated heterocycles. The summed E-state index contributed by atoms with van der Waals surface area (Å²) in [5, 5.41) is 7.65. The molecule has 0 radical (unpaired) electrons. The van der Waals surface area contributed by atoms with E-state index in [1.807, 2.05) is 6.92 Å². The van der Waals surface area contributed by atoms with E-state index in [1.165, 1.54) is 18.7 Å². The third kappa shape index (κ3) is 3.44. The zero-order valence-electron chi connectivity index (χ0n) is 14.2. The first-order chi connectivity index (χ1) is 11.0. The summed E-state index contributed by atoms with van der Waals surface area (Å²) in [6.07, 6.45) is -2.86. The van der Waals surface area contributed by atoms with Crippen LogP contribution in [0.15, 0.2) is 12.3 Å². The van der Waals surface area contributed by atoms with Gasteiger partial charge in [-0.05, 0) is 26.8 Å². The standard InChI is InChI=1S/C15H20F3N5O/c1-9-6-13(15(16,17)18)20-23(9)11(3)14(24)21(4)8-12-7-19-22(5)10(12)2/h6-7,11H,8H2,1-5H3/t11-/m1/s1. The van der Waals surface area contributed by atoms with Crippen LogP contribution in [0, 0.1) is 13.8 Å². The van der Waals surface area contributed by atoms with Crippen molar-refractivity contribution in [1.29, 1.82) is 0 Å². The quantitative estimate of drug-likeness (QED) is 0.857. The number of hydrogen-bond donors (Lipinski definition) is 0. The Morgan fingerprint density at radius 3 is 2.46 bits per heavy atom. The number of aryl methyl sites for hydroxylation is 2. The number of hydrogen-bond acceptors (Lipinski definition) is 3. The second kappa shape index (κ2) is 6.29. The average Bonchev–Trinajstić information content (AvgIpc) is 3.03. The molecule has 0 aliphatic carbocycles. The Morgan fingerprint density at radius 1 is 1.38 bits per heavy atom. The van der Waals surface area contributed by atoms with Crippen LogP contribution >= 0.6 is 0 Å². The van der Waals surface area contributed by atoms with Crippen LogP contribution < -0.4 is 0 Å². The van der Waals surface area contributed by atoms with Crippen LogP contribution in [0.5, 0.6) is 0 Å². The van der Waals surface area contributed by atoms with Gasteiger partial charge in [-0.1, -0.05) is 0 Å². The molecule has 0 bridgehead atoms. The van der Waals surface area contributed by atoms with Crippen molar-refractivity contribution < 1.29 is 18.0 Å². The summed E-state index contributed by atoms with van der Waals surface area (Å²) in [4.78, 5) is 14.0. The second-order valence-electron chi connectivity index (χ2n) is 5.86. The largest absolute Gasteiger partial charge is 0.435 e. The molecule has 0 fully saturated rings. The van der Waals surface area contributed by atoms with Crippen molar-refractivity contribution >= 4 is 5.91 Å². The van der Waals surface area contributed by atoms with Crippen LogP contribution in [0.4, 0.5) is 13.2 Å². The number of halogens is 3. The lowest BCUT2D eigenvalue weighted by Gasteiger charge is -2.22. The Hall–Kier alpha value is -2.32. The van der Waals surface area contributed by atoms with Gasteiger partial charge in [0.1, 0.15) is 6.04 Å². The minimum Gasteiger partial charge on any atom is -0.339 e. The number of carbonyl (C=O) groups is 1. The molecule has 0 saturated carbocycles. The molecular weight excluding hydrogens is 323 g/mol. The monoisotopic (exact) mass is 343 g/mol. The van der Waals surface area contributed by atoms with Gasteiger partial charge >= 0.3 is 6.18 Å². The first kappa shape index (κ1) is 18.0. The zero-order valence-corrected chi connectivity index (χ0v) is 14.2. The average molecular weight is 343 g/mol. The van der Waals surface area contributed by atoms with Crippen molar-refractivity contribution in [3.05, 3.63) is 34.9 Å². The van der Waals surface area contributed by atoms with E-state index >= 15 is 0 Å². The molecule has 1 amide bonds. The number of nitrogens with zero attached hydrogens (tertiary/aromatic N) is 5. The number of alkyl halides is 3. The van der Waals surface area contributed by atoms with Crippen LogP contribution in [0.25, 0.3) is 0 Å². The lowest BCUT2D eigenvalue weighted by atomic mass is 10.2. The van der Waals surface area contributed by atoms with Gasteiger partial charge in [0, 0.05) is 37.6 Å². The molecule has 2 rings (SSSR count). The highest BCUT2D eigenvalue weighted by Gasteiger charge is 2.35. The minimum atomic E-state index is -4.53. The van der Waals surface area contributed by atoms with Crippen LogP contribution in [0.3, 0.4) is 0 Å². The highest BCUT2D eigenvalue weighted by atomic mass is 19.4. The summed E-state index contributed by atoms with van der Waals surface area (Å²) in [7, 11) is 3.41. The van der Waals surface area contributed by atoms with Gasteiger partial charge in [-0.15, -0.1) is 0 Å². The van der Waals surface area contributed by atoms with Gasteiger partial charge in [0.2, 0.25) is 5.91 Å². The number of carbonyl (C=O) groups excluding carboxylic acids is 1. The zero-order chi connectivity index (χ0) is 18.2. The van der Waals surface area contributed by atoms with E-state index < -0.39 is 17.9 Å². The molecule has 0 aliphatic rings. The molecule has 0 spiro atoms. The lowest BCUT2D eigenvalue weighted by Crippen LogP contribution is -2.33. The molecule has 0 aromatic carbocycles. The number of aromatic nitrogens is 4. The summed E-state index contributed by atoms with van der Waals surface area (Å²) in [5.74, 6) is -0.321. The Balaban J connectivity index is 2.17. The van der Waals surface area contributed by atoms with E-state index in [4.69, 9.17) is 0 Å². The molecule has 0 N–H and O–H groups in total. The van der Waals surface area contributed by atoms with Gasteiger partial charge < -0.3 is 4.90 Å². The third-order valence-corrected chi connectivity index (χ3v) is 4.06. The van der Waals surface area contributed by atoms with Crippen LogP contribution in [0.1, 0.15) is 35.6 Å². The van der Waals surface area contributed by atoms with E-state index in [1.54, 1.807) is 25.0 Å². The normalized spacial score (nSPS) is 13.2. The maximum absolute atomic E-state index is 12.8. The Morgan fingerprint density at radius 2 is 2.00 bits per heavy atom. The van der Waals surface area contributed by atoms with Gasteiger partial charge in [-0.3, -0.25) is 14.2 Å². The van der Waals surface area contributed by atoms with Gasteiger partial charge in [-0.25, -0.2) is 0 Å². The molecule has 9 heteroatoms. The van der Waals surface area contributed by atoms with E-state index in [0.29, 0.717) is 6.54 Å². The summed E-state index contributed by atoms with van der Waals surface area (Å²) in [6.45, 7) is 5.25. The van der Waals surface area contributed by atoms with Crippen LogP contribution in [-0.4, -0.2) is 37.4 Å². The minimum absolute atomic E-state index is 0.286. The van der Waals surface area contributed by atoms with Crippen molar-refractivity contribution in [2.24, 2.45) is 7.05 Å². The first-order valence-corrected chi connectivity index (χ1v) is 7.38. The smallest absolute Gasteiger partial charge is 0.339 e. The molecule has 2 aromatic rings. The first-order valence-electron chi connectivity index (χ1n) is 7.38. The number of rotatable bonds is 4. The SMILES string of the molecule is Cc1c(CN(C)C(=O)[C@@H](C)n2nc(C(F)(F)F)cc2C)cnn1C. The summed E-state index contributed by atoms with van der Waals surface area (Å²) in [5.41, 5.74) is 1.10. The molecule has 6 nitrogen and oxygen atoms in total. The highest BCUT2D eigenvalue weighted by Crippen LogP contribution is 2.29. The van der Waals surface area contributed by atoms with Crippen molar-refractivity contribution in [1.82, 2.24) is 24.5 Å². The fraction of sp³-hybridized carbons (Fsp3) is 0.533. The van der Waals surface area contributed by atoms with Crippen molar-refractivity contribution in [2.75, 3.05) is 7.05 Å². The van der Waals surface area contributed by atoms with E-state index in [9.17, 15) is 18.0 Å².